The number of fused-ring (bicyclic) bond motifs is 1. The van der Waals surface area contributed by atoms with E-state index in [4.69, 9.17) is 4.98 Å². The van der Waals surface area contributed by atoms with E-state index in [9.17, 15) is 0 Å². The second-order valence-electron chi connectivity index (χ2n) is 7.11. The number of rotatable bonds is 3. The lowest BCUT2D eigenvalue weighted by atomic mass is 10.1. The van der Waals surface area contributed by atoms with Gasteiger partial charge < -0.3 is 14.8 Å². The van der Waals surface area contributed by atoms with Crippen LogP contribution in [0.4, 0.5) is 5.82 Å². The molecule has 1 aliphatic rings. The van der Waals surface area contributed by atoms with E-state index < -0.39 is 0 Å². The molecule has 0 amide bonds. The summed E-state index contributed by atoms with van der Waals surface area (Å²) in [6.45, 7) is 12.6. The van der Waals surface area contributed by atoms with Crippen molar-refractivity contribution in [2.75, 3.05) is 18.0 Å². The van der Waals surface area contributed by atoms with Crippen LogP contribution >= 0.6 is 0 Å². The van der Waals surface area contributed by atoms with E-state index >= 15 is 0 Å². The minimum atomic E-state index is 0.406. The van der Waals surface area contributed by atoms with Gasteiger partial charge in [0.15, 0.2) is 0 Å². The highest BCUT2D eigenvalue weighted by Gasteiger charge is 2.29. The zero-order valence-corrected chi connectivity index (χ0v) is 15.5. The van der Waals surface area contributed by atoms with Gasteiger partial charge in [-0.25, -0.2) is 15.0 Å². The summed E-state index contributed by atoms with van der Waals surface area (Å²) < 4.78 is 0. The highest BCUT2D eigenvalue weighted by atomic mass is 15.3. The Hall–Kier alpha value is -2.89. The van der Waals surface area contributed by atoms with Crippen LogP contribution in [-0.2, 0) is 0 Å². The molecule has 0 spiro atoms. The number of allylic oxidation sites excluding steroid dienone is 1. The predicted molar refractivity (Wildman–Crippen MR) is 105 cm³/mol. The first-order valence-corrected chi connectivity index (χ1v) is 8.98. The van der Waals surface area contributed by atoms with Crippen LogP contribution < -0.4 is 4.90 Å². The lowest BCUT2D eigenvalue weighted by Crippen LogP contribution is -2.56. The van der Waals surface area contributed by atoms with Crippen molar-refractivity contribution < 1.29 is 0 Å². The fourth-order valence-electron chi connectivity index (χ4n) is 4.08. The van der Waals surface area contributed by atoms with E-state index in [1.54, 1.807) is 6.33 Å². The summed E-state index contributed by atoms with van der Waals surface area (Å²) in [5.74, 6) is 1.01. The first kappa shape index (κ1) is 16.6. The number of anilines is 1. The average Bonchev–Trinajstić information content (AvgIpc) is 3.05. The van der Waals surface area contributed by atoms with E-state index in [1.807, 2.05) is 18.5 Å². The van der Waals surface area contributed by atoms with Crippen molar-refractivity contribution in [3.05, 3.63) is 49.2 Å². The first-order chi connectivity index (χ1) is 12.5. The maximum absolute atomic E-state index is 4.94. The highest BCUT2D eigenvalue weighted by molar-refractivity contribution is 5.91. The molecule has 0 radical (unpaired) electrons. The SMILES string of the molecule is C=C(C)N1[C@H](C)CN(c2cccc(-c3c[nH]c4ncncc34)n2)C[C@@H]1C. The number of nitrogens with one attached hydrogen (secondary N) is 1. The van der Waals surface area contributed by atoms with Crippen LogP contribution in [0.3, 0.4) is 0 Å². The van der Waals surface area contributed by atoms with Gasteiger partial charge in [-0.3, -0.25) is 0 Å². The Morgan fingerprint density at radius 2 is 2.00 bits per heavy atom. The number of nitrogens with zero attached hydrogens (tertiary/aromatic N) is 5. The van der Waals surface area contributed by atoms with E-state index in [1.165, 1.54) is 0 Å². The molecule has 26 heavy (non-hydrogen) atoms. The monoisotopic (exact) mass is 348 g/mol. The molecular weight excluding hydrogens is 324 g/mol. The third-order valence-electron chi connectivity index (χ3n) is 5.05. The fourth-order valence-corrected chi connectivity index (χ4v) is 4.08. The molecule has 0 unspecified atom stereocenters. The van der Waals surface area contributed by atoms with Gasteiger partial charge in [-0.2, -0.15) is 0 Å². The molecule has 1 fully saturated rings. The molecule has 4 rings (SSSR count). The number of hydrogen-bond acceptors (Lipinski definition) is 5. The summed E-state index contributed by atoms with van der Waals surface area (Å²) in [5, 5.41) is 0.992. The van der Waals surface area contributed by atoms with Gasteiger partial charge in [-0.1, -0.05) is 12.6 Å². The number of aromatic amines is 1. The van der Waals surface area contributed by atoms with Crippen LogP contribution in [-0.4, -0.2) is 50.0 Å². The van der Waals surface area contributed by atoms with Crippen molar-refractivity contribution in [2.24, 2.45) is 0 Å². The van der Waals surface area contributed by atoms with E-state index in [-0.39, 0.29) is 0 Å². The van der Waals surface area contributed by atoms with Crippen LogP contribution in [0.25, 0.3) is 22.3 Å². The smallest absolute Gasteiger partial charge is 0.141 e. The maximum atomic E-state index is 4.94. The molecule has 134 valence electrons. The molecule has 0 saturated carbocycles. The molecule has 0 bridgehead atoms. The van der Waals surface area contributed by atoms with Gasteiger partial charge >= 0.3 is 0 Å². The van der Waals surface area contributed by atoms with Gasteiger partial charge in [-0.15, -0.1) is 0 Å². The molecule has 4 heterocycles. The number of pyridine rings is 1. The molecule has 1 aliphatic heterocycles. The minimum absolute atomic E-state index is 0.406. The summed E-state index contributed by atoms with van der Waals surface area (Å²) in [5.41, 5.74) is 3.93. The Morgan fingerprint density at radius 1 is 1.23 bits per heavy atom. The van der Waals surface area contributed by atoms with E-state index in [0.717, 1.165) is 46.9 Å². The maximum Gasteiger partial charge on any atom is 0.141 e. The van der Waals surface area contributed by atoms with Gasteiger partial charge in [0.05, 0.1) is 5.69 Å². The standard InChI is InChI=1S/C20H24N6/c1-13(2)26-14(3)10-25(11-15(26)4)19-7-5-6-18(24-19)16-9-22-20-17(16)8-21-12-23-20/h5-9,12,14-15H,1,10-11H2,2-4H3,(H,21,22,23)/t14-,15+. The van der Waals surface area contributed by atoms with Gasteiger partial charge in [0, 0.05) is 54.2 Å². The molecule has 1 N–H and O–H groups in total. The van der Waals surface area contributed by atoms with Crippen LogP contribution in [0.15, 0.2) is 49.2 Å². The molecule has 3 aromatic rings. The Balaban J connectivity index is 1.65. The minimum Gasteiger partial charge on any atom is -0.367 e. The number of aromatic nitrogens is 4. The highest BCUT2D eigenvalue weighted by Crippen LogP contribution is 2.29. The molecule has 0 aromatic carbocycles. The topological polar surface area (TPSA) is 60.9 Å². The zero-order valence-electron chi connectivity index (χ0n) is 15.5. The van der Waals surface area contributed by atoms with Gasteiger partial charge in [0.25, 0.3) is 0 Å². The van der Waals surface area contributed by atoms with Crippen LogP contribution in [0.2, 0.25) is 0 Å². The lowest BCUT2D eigenvalue weighted by Gasteiger charge is -2.46. The van der Waals surface area contributed by atoms with E-state index in [2.05, 4.69) is 64.2 Å². The van der Waals surface area contributed by atoms with Crippen molar-refractivity contribution in [3.63, 3.8) is 0 Å². The van der Waals surface area contributed by atoms with Gasteiger partial charge in [0.2, 0.25) is 0 Å². The molecule has 0 aliphatic carbocycles. The normalized spacial score (nSPS) is 20.6. The summed E-state index contributed by atoms with van der Waals surface area (Å²) in [7, 11) is 0. The second-order valence-corrected chi connectivity index (χ2v) is 7.11. The van der Waals surface area contributed by atoms with Crippen LogP contribution in [0.1, 0.15) is 20.8 Å². The van der Waals surface area contributed by atoms with Crippen LogP contribution in [0.5, 0.6) is 0 Å². The Labute approximate surface area is 153 Å². The fraction of sp³-hybridized carbons (Fsp3) is 0.350. The lowest BCUT2D eigenvalue weighted by molar-refractivity contribution is 0.180. The number of hydrogen-bond donors (Lipinski definition) is 1. The first-order valence-electron chi connectivity index (χ1n) is 8.98. The molecule has 6 nitrogen and oxygen atoms in total. The van der Waals surface area contributed by atoms with Crippen molar-refractivity contribution in [1.82, 2.24) is 24.8 Å². The Kier molecular flexibility index (Phi) is 4.11. The second kappa shape index (κ2) is 6.44. The van der Waals surface area contributed by atoms with Crippen molar-refractivity contribution in [3.8, 4) is 11.3 Å². The van der Waals surface area contributed by atoms with Crippen molar-refractivity contribution >= 4 is 16.9 Å². The molecule has 1 saturated heterocycles. The van der Waals surface area contributed by atoms with Gasteiger partial charge in [0.1, 0.15) is 17.8 Å². The molecule has 3 aromatic heterocycles. The molecule has 2 atom stereocenters. The summed E-state index contributed by atoms with van der Waals surface area (Å²) in [4.78, 5) is 21.3. The number of H-pyrrole nitrogens is 1. The molecular formula is C20H24N6. The summed E-state index contributed by atoms with van der Waals surface area (Å²) in [6, 6.07) is 7.01. The predicted octanol–water partition coefficient (Wildman–Crippen LogP) is 3.45. The largest absolute Gasteiger partial charge is 0.367 e. The summed E-state index contributed by atoms with van der Waals surface area (Å²) in [6.07, 6.45) is 5.34. The number of piperazine rings is 1. The molecule has 6 heteroatoms. The Morgan fingerprint density at radius 3 is 2.73 bits per heavy atom. The summed E-state index contributed by atoms with van der Waals surface area (Å²) >= 11 is 0. The third-order valence-corrected chi connectivity index (χ3v) is 5.05. The van der Waals surface area contributed by atoms with Crippen molar-refractivity contribution in [1.29, 1.82) is 0 Å². The average molecular weight is 348 g/mol. The zero-order chi connectivity index (χ0) is 18.3. The van der Waals surface area contributed by atoms with E-state index in [0.29, 0.717) is 12.1 Å². The quantitative estimate of drug-likeness (QED) is 0.785. The van der Waals surface area contributed by atoms with Crippen LogP contribution in [0, 0.1) is 0 Å². The third kappa shape index (κ3) is 2.81. The van der Waals surface area contributed by atoms with Crippen molar-refractivity contribution in [2.45, 2.75) is 32.9 Å². The van der Waals surface area contributed by atoms with Gasteiger partial charge in [-0.05, 0) is 32.9 Å². The Bertz CT molecular complexity index is 934.